The van der Waals surface area contributed by atoms with Crippen LogP contribution in [0.25, 0.3) is 21.7 Å². The first-order valence-corrected chi connectivity index (χ1v) is 16.1. The summed E-state index contributed by atoms with van der Waals surface area (Å²) in [7, 11) is 0. The first kappa shape index (κ1) is 28.7. The maximum absolute atomic E-state index is 13.1. The first-order valence-electron chi connectivity index (χ1n) is 15.2. The molecule has 4 nitrogen and oxygen atoms in total. The van der Waals surface area contributed by atoms with Crippen LogP contribution in [0.5, 0.6) is 0 Å². The lowest BCUT2D eigenvalue weighted by Crippen LogP contribution is -2.38. The summed E-state index contributed by atoms with van der Waals surface area (Å²) in [5, 5.41) is 3.31. The molecule has 1 aliphatic heterocycles. The largest absolute Gasteiger partial charge is 0.448 e. The van der Waals surface area contributed by atoms with Gasteiger partial charge in [0.05, 0.1) is 5.69 Å². The number of thiazole rings is 1. The number of amides is 1. The molecule has 1 aromatic heterocycles. The molecule has 218 valence electrons. The van der Waals surface area contributed by atoms with Crippen LogP contribution in [0, 0.1) is 0 Å². The van der Waals surface area contributed by atoms with Crippen molar-refractivity contribution in [1.29, 1.82) is 0 Å². The molecule has 2 heterocycles. The van der Waals surface area contributed by atoms with Crippen LogP contribution in [-0.2, 0) is 15.6 Å². The molecule has 0 unspecified atom stereocenters. The molecule has 1 amide bonds. The molecular weight excluding hydrogens is 536 g/mol. The van der Waals surface area contributed by atoms with Crippen LogP contribution in [0.3, 0.4) is 0 Å². The lowest BCUT2D eigenvalue weighted by molar-refractivity contribution is 0.0902. The van der Waals surface area contributed by atoms with Gasteiger partial charge < -0.3 is 9.64 Å². The molecule has 0 saturated carbocycles. The second kappa shape index (κ2) is 11.0. The molecule has 0 radical (unpaired) electrons. The van der Waals surface area contributed by atoms with Crippen molar-refractivity contribution in [3.63, 3.8) is 0 Å². The Hall–Kier alpha value is -3.44. The summed E-state index contributed by atoms with van der Waals surface area (Å²) in [6.45, 7) is 15.4. The highest BCUT2D eigenvalue weighted by Gasteiger charge is 2.31. The molecule has 2 aliphatic rings. The van der Waals surface area contributed by atoms with Crippen LogP contribution < -0.4 is 0 Å². The predicted octanol–water partition coefficient (Wildman–Crippen LogP) is 9.53. The zero-order valence-electron chi connectivity index (χ0n) is 25.7. The monoisotopic (exact) mass is 578 g/mol. The standard InChI is InChI=1S/C37H42N2O2S/c1-36(2,3)26-19-25(20-27(21-26)37(4,5)6)34-38-33(23-42-34)24-15-17-39(18-16-24)35(40)41-22-32-30-13-9-7-11-28(30)29-12-8-10-14-31(29)32/h7-14,19-21,23-24,32H,15-18,22H2,1-6H3. The molecule has 0 bridgehead atoms. The van der Waals surface area contributed by atoms with E-state index in [9.17, 15) is 4.79 Å². The van der Waals surface area contributed by atoms with Gasteiger partial charge in [-0.3, -0.25) is 0 Å². The fourth-order valence-corrected chi connectivity index (χ4v) is 7.16. The number of benzene rings is 3. The summed E-state index contributed by atoms with van der Waals surface area (Å²) in [5.41, 5.74) is 10.2. The molecule has 3 aromatic carbocycles. The Morgan fingerprint density at radius 1 is 0.857 bits per heavy atom. The Morgan fingerprint density at radius 2 is 1.40 bits per heavy atom. The third-order valence-electron chi connectivity index (χ3n) is 8.94. The minimum atomic E-state index is -0.206. The van der Waals surface area contributed by atoms with Crippen LogP contribution in [0.1, 0.15) is 94.2 Å². The number of carbonyl (C=O) groups is 1. The summed E-state index contributed by atoms with van der Waals surface area (Å²) >= 11 is 1.74. The van der Waals surface area contributed by atoms with Crippen LogP contribution in [-0.4, -0.2) is 35.7 Å². The first-order chi connectivity index (χ1) is 20.0. The second-order valence-electron chi connectivity index (χ2n) is 13.9. The summed E-state index contributed by atoms with van der Waals surface area (Å²) in [6.07, 6.45) is 1.61. The molecule has 0 N–H and O–H groups in total. The van der Waals surface area contributed by atoms with Gasteiger partial charge in [-0.1, -0.05) is 96.1 Å². The average Bonchev–Trinajstić information content (AvgIpc) is 3.59. The van der Waals surface area contributed by atoms with Gasteiger partial charge >= 0.3 is 6.09 Å². The van der Waals surface area contributed by atoms with E-state index in [1.165, 1.54) is 38.9 Å². The van der Waals surface area contributed by atoms with E-state index >= 15 is 0 Å². The fourth-order valence-electron chi connectivity index (χ4n) is 6.27. The van der Waals surface area contributed by atoms with E-state index in [1.807, 2.05) is 4.90 Å². The minimum Gasteiger partial charge on any atom is -0.448 e. The molecule has 4 aromatic rings. The normalized spacial score (nSPS) is 15.9. The predicted molar refractivity (Wildman–Crippen MR) is 174 cm³/mol. The molecule has 6 rings (SSSR count). The van der Waals surface area contributed by atoms with Crippen LogP contribution in [0.2, 0.25) is 0 Å². The van der Waals surface area contributed by atoms with Crippen molar-refractivity contribution in [1.82, 2.24) is 9.88 Å². The molecule has 1 aliphatic carbocycles. The van der Waals surface area contributed by atoms with Crippen molar-refractivity contribution < 1.29 is 9.53 Å². The lowest BCUT2D eigenvalue weighted by Gasteiger charge is -2.31. The van der Waals surface area contributed by atoms with Gasteiger partial charge in [-0.25, -0.2) is 9.78 Å². The Kier molecular flexibility index (Phi) is 7.51. The Labute approximate surface area is 254 Å². The second-order valence-corrected chi connectivity index (χ2v) is 14.8. The molecule has 0 spiro atoms. The zero-order chi connectivity index (χ0) is 29.6. The minimum absolute atomic E-state index is 0.0715. The SMILES string of the molecule is CC(C)(C)c1cc(-c2nc(C3CCN(C(=O)OCC4c5ccccc5-c5ccccc54)CC3)cs2)cc(C(C)(C)C)c1. The summed E-state index contributed by atoms with van der Waals surface area (Å²) < 4.78 is 5.93. The van der Waals surface area contributed by atoms with Crippen LogP contribution in [0.15, 0.2) is 72.1 Å². The van der Waals surface area contributed by atoms with E-state index in [0.29, 0.717) is 25.6 Å². The lowest BCUT2D eigenvalue weighted by atomic mass is 9.79. The Morgan fingerprint density at radius 3 is 1.95 bits per heavy atom. The van der Waals surface area contributed by atoms with E-state index < -0.39 is 0 Å². The number of carbonyl (C=O) groups excluding carboxylic acids is 1. The van der Waals surface area contributed by atoms with Crippen molar-refractivity contribution in [2.75, 3.05) is 19.7 Å². The summed E-state index contributed by atoms with van der Waals surface area (Å²) in [4.78, 5) is 20.1. The maximum Gasteiger partial charge on any atom is 0.409 e. The van der Waals surface area contributed by atoms with Gasteiger partial charge in [0.1, 0.15) is 11.6 Å². The number of nitrogens with zero attached hydrogens (tertiary/aromatic N) is 2. The summed E-state index contributed by atoms with van der Waals surface area (Å²) in [5.74, 6) is 0.448. The van der Waals surface area contributed by atoms with Gasteiger partial charge in [0, 0.05) is 35.9 Å². The Bertz CT molecular complexity index is 1520. The Balaban J connectivity index is 1.10. The van der Waals surface area contributed by atoms with E-state index in [4.69, 9.17) is 9.72 Å². The van der Waals surface area contributed by atoms with Crippen LogP contribution >= 0.6 is 11.3 Å². The smallest absolute Gasteiger partial charge is 0.409 e. The van der Waals surface area contributed by atoms with Crippen molar-refractivity contribution in [3.8, 4) is 21.7 Å². The van der Waals surface area contributed by atoms with Gasteiger partial charge in [0.15, 0.2) is 0 Å². The zero-order valence-corrected chi connectivity index (χ0v) is 26.6. The highest BCUT2D eigenvalue weighted by molar-refractivity contribution is 7.13. The third kappa shape index (κ3) is 5.64. The van der Waals surface area contributed by atoms with Crippen molar-refractivity contribution in [3.05, 3.63) is 100 Å². The van der Waals surface area contributed by atoms with Crippen LogP contribution in [0.4, 0.5) is 4.79 Å². The number of fused-ring (bicyclic) bond motifs is 3. The maximum atomic E-state index is 13.1. The van der Waals surface area contributed by atoms with Crippen molar-refractivity contribution >= 4 is 17.4 Å². The van der Waals surface area contributed by atoms with Crippen molar-refractivity contribution in [2.45, 2.75) is 77.0 Å². The van der Waals surface area contributed by atoms with Gasteiger partial charge in [-0.15, -0.1) is 11.3 Å². The molecule has 1 saturated heterocycles. The number of ether oxygens (including phenoxy) is 1. The number of rotatable bonds is 4. The highest BCUT2D eigenvalue weighted by Crippen LogP contribution is 2.44. The van der Waals surface area contributed by atoms with Crippen molar-refractivity contribution in [2.24, 2.45) is 0 Å². The van der Waals surface area contributed by atoms with E-state index in [0.717, 1.165) is 23.5 Å². The molecular formula is C37H42N2O2S. The molecule has 5 heteroatoms. The fraction of sp³-hybridized carbons (Fsp3) is 0.405. The quantitative estimate of drug-likeness (QED) is 0.242. The molecule has 0 atom stereocenters. The summed E-state index contributed by atoms with van der Waals surface area (Å²) in [6, 6.07) is 23.9. The third-order valence-corrected chi connectivity index (χ3v) is 9.85. The van der Waals surface area contributed by atoms with E-state index in [1.54, 1.807) is 11.3 Å². The molecule has 1 fully saturated rings. The number of aromatic nitrogens is 1. The van der Waals surface area contributed by atoms with Gasteiger partial charge in [-0.2, -0.15) is 0 Å². The number of hydrogen-bond acceptors (Lipinski definition) is 4. The molecule has 42 heavy (non-hydrogen) atoms. The van der Waals surface area contributed by atoms with Gasteiger partial charge in [-0.05, 0) is 69.2 Å². The van der Waals surface area contributed by atoms with Gasteiger partial charge in [0.2, 0.25) is 0 Å². The average molecular weight is 579 g/mol. The number of hydrogen-bond donors (Lipinski definition) is 0. The van der Waals surface area contributed by atoms with E-state index in [2.05, 4.69) is 114 Å². The number of piperidine rings is 1. The highest BCUT2D eigenvalue weighted by atomic mass is 32.1. The van der Waals surface area contributed by atoms with Gasteiger partial charge in [0.25, 0.3) is 0 Å². The van der Waals surface area contributed by atoms with E-state index in [-0.39, 0.29) is 22.8 Å². The topological polar surface area (TPSA) is 42.4 Å². The number of likely N-dealkylation sites (tertiary alicyclic amines) is 1.